The molecule has 0 radical (unpaired) electrons. The van der Waals surface area contributed by atoms with Gasteiger partial charge in [-0.05, 0) is 42.2 Å². The average Bonchev–Trinajstić information content (AvgIpc) is 3.10. The van der Waals surface area contributed by atoms with E-state index in [0.29, 0.717) is 5.75 Å². The maximum atomic E-state index is 12.1. The molecule has 0 aliphatic rings. The molecule has 8 nitrogen and oxygen atoms in total. The van der Waals surface area contributed by atoms with Gasteiger partial charge in [0.2, 0.25) is 0 Å². The van der Waals surface area contributed by atoms with Crippen LogP contribution >= 0.6 is 0 Å². The number of aryl methyl sites for hydroxylation is 3. The van der Waals surface area contributed by atoms with Gasteiger partial charge in [0.25, 0.3) is 5.56 Å². The second-order valence-corrected chi connectivity index (χ2v) is 7.07. The SMILES string of the molecule is CCCCn1cnc2c(CC)cc(-c3cc(OC)c(=O)n(C)c3)cc21.N=S(=O)=O. The number of nitrogens with one attached hydrogen (secondary N) is 1. The van der Waals surface area contributed by atoms with Crippen LogP contribution in [0.25, 0.3) is 22.2 Å². The minimum absolute atomic E-state index is 0.129. The van der Waals surface area contributed by atoms with Gasteiger partial charge in [0.15, 0.2) is 5.75 Å². The van der Waals surface area contributed by atoms with Gasteiger partial charge in [-0.25, -0.2) is 4.98 Å². The van der Waals surface area contributed by atoms with Crippen LogP contribution in [-0.2, 0) is 30.5 Å². The Morgan fingerprint density at radius 3 is 2.45 bits per heavy atom. The zero-order chi connectivity index (χ0) is 21.6. The Kier molecular flexibility index (Phi) is 7.72. The fraction of sp³-hybridized carbons (Fsp3) is 0.400. The highest BCUT2D eigenvalue weighted by atomic mass is 32.2. The normalized spacial score (nSPS) is 10.5. The van der Waals surface area contributed by atoms with Crippen LogP contribution in [0.1, 0.15) is 32.3 Å². The van der Waals surface area contributed by atoms with Crippen LogP contribution in [-0.4, -0.2) is 29.6 Å². The smallest absolute Gasteiger partial charge is 0.308 e. The molecule has 0 saturated heterocycles. The molecule has 3 aromatic rings. The summed E-state index contributed by atoms with van der Waals surface area (Å²) in [6.07, 6.45) is 6.99. The maximum absolute atomic E-state index is 12.1. The predicted octanol–water partition coefficient (Wildman–Crippen LogP) is 3.40. The molecule has 0 atom stereocenters. The van der Waals surface area contributed by atoms with Crippen molar-refractivity contribution in [3.63, 3.8) is 0 Å². The third kappa shape index (κ3) is 5.32. The number of ether oxygens (including phenoxy) is 1. The first-order valence-electron chi connectivity index (χ1n) is 9.35. The number of fused-ring (bicyclic) bond motifs is 1. The Bertz CT molecular complexity index is 1160. The monoisotopic (exact) mass is 418 g/mol. The number of hydrogen-bond donors (Lipinski definition) is 1. The van der Waals surface area contributed by atoms with Crippen LogP contribution in [0.3, 0.4) is 0 Å². The number of pyridine rings is 1. The molecular weight excluding hydrogens is 392 g/mol. The Morgan fingerprint density at radius 2 is 1.86 bits per heavy atom. The van der Waals surface area contributed by atoms with Crippen LogP contribution in [0.5, 0.6) is 5.75 Å². The Balaban J connectivity index is 0.000000687. The number of unbranched alkanes of at least 4 members (excludes halogenated alkanes) is 1. The molecule has 156 valence electrons. The molecule has 3 rings (SSSR count). The molecule has 0 spiro atoms. The highest BCUT2D eigenvalue weighted by Gasteiger charge is 2.12. The van der Waals surface area contributed by atoms with Crippen LogP contribution in [0.15, 0.2) is 35.5 Å². The lowest BCUT2D eigenvalue weighted by Crippen LogP contribution is -2.17. The lowest BCUT2D eigenvalue weighted by atomic mass is 10.0. The van der Waals surface area contributed by atoms with E-state index in [1.165, 1.54) is 12.7 Å². The van der Waals surface area contributed by atoms with Gasteiger partial charge in [-0.2, -0.15) is 13.2 Å². The van der Waals surface area contributed by atoms with Gasteiger partial charge in [0.1, 0.15) is 0 Å². The number of aromatic nitrogens is 3. The van der Waals surface area contributed by atoms with Crippen LogP contribution in [0.2, 0.25) is 0 Å². The third-order valence-electron chi connectivity index (χ3n) is 4.64. The van der Waals surface area contributed by atoms with E-state index < -0.39 is 10.5 Å². The highest BCUT2D eigenvalue weighted by molar-refractivity contribution is 7.60. The lowest BCUT2D eigenvalue weighted by Gasteiger charge is -2.11. The van der Waals surface area contributed by atoms with Crippen molar-refractivity contribution in [1.29, 1.82) is 4.78 Å². The molecule has 0 fully saturated rings. The summed E-state index contributed by atoms with van der Waals surface area (Å²) in [4.78, 5) is 16.7. The van der Waals surface area contributed by atoms with Crippen molar-refractivity contribution >= 4 is 21.5 Å². The zero-order valence-electron chi connectivity index (χ0n) is 17.1. The first kappa shape index (κ1) is 22.4. The second-order valence-electron chi connectivity index (χ2n) is 6.60. The molecule has 2 heterocycles. The summed E-state index contributed by atoms with van der Waals surface area (Å²) in [6.45, 7) is 5.31. The fourth-order valence-electron chi connectivity index (χ4n) is 3.16. The summed E-state index contributed by atoms with van der Waals surface area (Å²) in [5, 5.41) is 0. The van der Waals surface area contributed by atoms with Crippen molar-refractivity contribution in [3.05, 3.63) is 46.6 Å². The standard InChI is InChI=1S/C20H25N3O2.HNO2S/c1-5-7-8-23-13-21-19-14(6-2)9-15(10-17(19)23)16-11-18(25-4)20(24)22(3)12-16;1-4(2)3/h9-13H,5-8H2,1-4H3;1H. The topological polar surface area (TPSA) is 107 Å². The number of hydrogen-bond acceptors (Lipinski definition) is 6. The van der Waals surface area contributed by atoms with E-state index >= 15 is 0 Å². The second kappa shape index (κ2) is 10.0. The molecule has 1 N–H and O–H groups in total. The van der Waals surface area contributed by atoms with Crippen molar-refractivity contribution in [3.8, 4) is 16.9 Å². The quantitative estimate of drug-likeness (QED) is 0.660. The van der Waals surface area contributed by atoms with Gasteiger partial charge in [0.05, 0.1) is 24.5 Å². The molecule has 0 unspecified atom stereocenters. The van der Waals surface area contributed by atoms with Crippen LogP contribution < -0.4 is 10.3 Å². The van der Waals surface area contributed by atoms with E-state index in [-0.39, 0.29) is 5.56 Å². The summed E-state index contributed by atoms with van der Waals surface area (Å²) in [5.74, 6) is 0.359. The van der Waals surface area contributed by atoms with E-state index in [9.17, 15) is 4.79 Å². The van der Waals surface area contributed by atoms with E-state index in [4.69, 9.17) is 17.9 Å². The first-order valence-corrected chi connectivity index (χ1v) is 10.4. The molecule has 0 amide bonds. The molecule has 0 saturated carbocycles. The zero-order valence-corrected chi connectivity index (χ0v) is 17.9. The molecule has 9 heteroatoms. The van der Waals surface area contributed by atoms with Crippen molar-refractivity contribution in [2.45, 2.75) is 39.7 Å². The minimum Gasteiger partial charge on any atom is -0.491 e. The van der Waals surface area contributed by atoms with Gasteiger partial charge in [-0.15, -0.1) is 0 Å². The number of benzene rings is 1. The molecular formula is C20H26N4O4S. The molecule has 29 heavy (non-hydrogen) atoms. The maximum Gasteiger partial charge on any atom is 0.308 e. The van der Waals surface area contributed by atoms with Gasteiger partial charge >= 0.3 is 10.5 Å². The first-order chi connectivity index (χ1) is 13.8. The number of imidazole rings is 1. The third-order valence-corrected chi connectivity index (χ3v) is 4.64. The molecule has 0 bridgehead atoms. The fourth-order valence-corrected chi connectivity index (χ4v) is 3.16. The number of methoxy groups -OCH3 is 1. The lowest BCUT2D eigenvalue weighted by molar-refractivity contribution is 0.405. The molecule has 0 aliphatic carbocycles. The van der Waals surface area contributed by atoms with Gasteiger partial charge < -0.3 is 13.9 Å². The van der Waals surface area contributed by atoms with Gasteiger partial charge in [0, 0.05) is 25.4 Å². The van der Waals surface area contributed by atoms with Crippen molar-refractivity contribution in [1.82, 2.24) is 14.1 Å². The predicted molar refractivity (Wildman–Crippen MR) is 113 cm³/mol. The summed E-state index contributed by atoms with van der Waals surface area (Å²) >= 11 is 0. The highest BCUT2D eigenvalue weighted by Crippen LogP contribution is 2.29. The van der Waals surface area contributed by atoms with Crippen LogP contribution in [0, 0.1) is 4.78 Å². The van der Waals surface area contributed by atoms with Crippen molar-refractivity contribution in [2.75, 3.05) is 7.11 Å². The van der Waals surface area contributed by atoms with Crippen LogP contribution in [0.4, 0.5) is 0 Å². The van der Waals surface area contributed by atoms with E-state index in [1.54, 1.807) is 11.6 Å². The molecule has 2 aromatic heterocycles. The van der Waals surface area contributed by atoms with Gasteiger partial charge in [-0.1, -0.05) is 20.3 Å². The van der Waals surface area contributed by atoms with Crippen molar-refractivity contribution < 1.29 is 13.2 Å². The summed E-state index contributed by atoms with van der Waals surface area (Å²) in [7, 11) is 0.667. The molecule has 0 aliphatic heterocycles. The summed E-state index contributed by atoms with van der Waals surface area (Å²) < 4.78 is 31.9. The summed E-state index contributed by atoms with van der Waals surface area (Å²) in [6, 6.07) is 6.14. The summed E-state index contributed by atoms with van der Waals surface area (Å²) in [5.41, 5.74) is 5.36. The Hall–Kier alpha value is -2.94. The Morgan fingerprint density at radius 1 is 1.17 bits per heavy atom. The van der Waals surface area contributed by atoms with Crippen molar-refractivity contribution in [2.24, 2.45) is 7.05 Å². The van der Waals surface area contributed by atoms with E-state index in [0.717, 1.165) is 48.0 Å². The Labute approximate surface area is 171 Å². The van der Waals surface area contributed by atoms with Gasteiger partial charge in [-0.3, -0.25) is 4.79 Å². The average molecular weight is 419 g/mol. The minimum atomic E-state index is -2.61. The number of rotatable bonds is 6. The molecule has 1 aromatic carbocycles. The number of nitrogens with zero attached hydrogens (tertiary/aromatic N) is 3. The largest absolute Gasteiger partial charge is 0.491 e. The van der Waals surface area contributed by atoms with E-state index in [2.05, 4.69) is 35.5 Å². The van der Waals surface area contributed by atoms with E-state index in [1.807, 2.05) is 18.6 Å².